The minimum atomic E-state index is -0.653. The quantitative estimate of drug-likeness (QED) is 0.552. The molecule has 0 saturated carbocycles. The zero-order valence-electron chi connectivity index (χ0n) is 14.6. The third-order valence-electron chi connectivity index (χ3n) is 4.78. The van der Waals surface area contributed by atoms with Crippen LogP contribution in [0.2, 0.25) is 0 Å². The molecule has 1 atom stereocenters. The van der Waals surface area contributed by atoms with E-state index in [0.717, 1.165) is 12.8 Å². The summed E-state index contributed by atoms with van der Waals surface area (Å²) in [5.74, 6) is 0. The molecular formula is C20H19N3O4. The lowest BCUT2D eigenvalue weighted by molar-refractivity contribution is -0.385. The van der Waals surface area contributed by atoms with Gasteiger partial charge in [0.05, 0.1) is 16.5 Å². The van der Waals surface area contributed by atoms with Crippen molar-refractivity contribution < 1.29 is 9.66 Å². The molecule has 4 rings (SSSR count). The van der Waals surface area contributed by atoms with Gasteiger partial charge in [0, 0.05) is 24.2 Å². The van der Waals surface area contributed by atoms with E-state index in [4.69, 9.17) is 4.74 Å². The van der Waals surface area contributed by atoms with Crippen LogP contribution in [0.3, 0.4) is 0 Å². The Hall–Kier alpha value is -3.19. The summed E-state index contributed by atoms with van der Waals surface area (Å²) in [6.45, 7) is 1.13. The number of ether oxygens (including phenoxy) is 1. The number of hydrogen-bond donors (Lipinski definition) is 1. The first kappa shape index (κ1) is 17.2. The Morgan fingerprint density at radius 2 is 1.89 bits per heavy atom. The van der Waals surface area contributed by atoms with Gasteiger partial charge in [-0.25, -0.2) is 0 Å². The molecule has 0 aliphatic carbocycles. The number of anilines is 1. The lowest BCUT2D eigenvalue weighted by Gasteiger charge is -2.17. The highest BCUT2D eigenvalue weighted by atomic mass is 16.6. The molecule has 0 bridgehead atoms. The van der Waals surface area contributed by atoms with Crippen molar-refractivity contribution in [1.29, 1.82) is 0 Å². The van der Waals surface area contributed by atoms with Crippen LogP contribution in [0.25, 0.3) is 16.6 Å². The van der Waals surface area contributed by atoms with E-state index in [1.165, 1.54) is 4.57 Å². The van der Waals surface area contributed by atoms with Crippen molar-refractivity contribution in [3.8, 4) is 5.69 Å². The molecule has 1 saturated heterocycles. The Morgan fingerprint density at radius 1 is 1.15 bits per heavy atom. The predicted molar refractivity (Wildman–Crippen MR) is 104 cm³/mol. The Kier molecular flexibility index (Phi) is 4.60. The number of nitro groups is 1. The molecule has 0 amide bonds. The average molecular weight is 365 g/mol. The van der Waals surface area contributed by atoms with E-state index in [2.05, 4.69) is 5.32 Å². The van der Waals surface area contributed by atoms with E-state index in [1.807, 2.05) is 18.2 Å². The van der Waals surface area contributed by atoms with E-state index in [-0.39, 0.29) is 11.8 Å². The van der Waals surface area contributed by atoms with Gasteiger partial charge >= 0.3 is 11.2 Å². The second-order valence-corrected chi connectivity index (χ2v) is 6.49. The fourth-order valence-electron chi connectivity index (χ4n) is 3.53. The number of fused-ring (bicyclic) bond motifs is 1. The second-order valence-electron chi connectivity index (χ2n) is 6.49. The Balaban J connectivity index is 1.93. The maximum Gasteiger partial charge on any atom is 0.357 e. The van der Waals surface area contributed by atoms with Gasteiger partial charge in [-0.2, -0.15) is 0 Å². The summed E-state index contributed by atoms with van der Waals surface area (Å²) in [4.78, 5) is 24.3. The fraction of sp³-hybridized carbons (Fsp3) is 0.250. The van der Waals surface area contributed by atoms with E-state index in [9.17, 15) is 14.9 Å². The van der Waals surface area contributed by atoms with Crippen molar-refractivity contribution in [2.45, 2.75) is 18.9 Å². The largest absolute Gasteiger partial charge is 0.376 e. The molecular weight excluding hydrogens is 346 g/mol. The zero-order valence-corrected chi connectivity index (χ0v) is 14.6. The van der Waals surface area contributed by atoms with Crippen LogP contribution in [0.1, 0.15) is 12.8 Å². The molecule has 1 aliphatic heterocycles. The highest BCUT2D eigenvalue weighted by Crippen LogP contribution is 2.31. The third kappa shape index (κ3) is 3.17. The Labute approximate surface area is 155 Å². The van der Waals surface area contributed by atoms with Crippen LogP contribution in [0.4, 0.5) is 11.4 Å². The van der Waals surface area contributed by atoms with Crippen molar-refractivity contribution >= 4 is 22.3 Å². The van der Waals surface area contributed by atoms with E-state index < -0.39 is 16.2 Å². The molecule has 1 aliphatic rings. The Bertz CT molecular complexity index is 1040. The smallest absolute Gasteiger partial charge is 0.357 e. The third-order valence-corrected chi connectivity index (χ3v) is 4.78. The summed E-state index contributed by atoms with van der Waals surface area (Å²) in [7, 11) is 0. The molecule has 0 radical (unpaired) electrons. The van der Waals surface area contributed by atoms with Gasteiger partial charge in [0.25, 0.3) is 0 Å². The minimum Gasteiger partial charge on any atom is -0.376 e. The van der Waals surface area contributed by atoms with Crippen LogP contribution in [0, 0.1) is 10.1 Å². The van der Waals surface area contributed by atoms with Gasteiger partial charge < -0.3 is 10.1 Å². The second kappa shape index (κ2) is 7.20. The van der Waals surface area contributed by atoms with Gasteiger partial charge in [-0.05, 0) is 31.0 Å². The lowest BCUT2D eigenvalue weighted by Crippen LogP contribution is -2.26. The van der Waals surface area contributed by atoms with Crippen molar-refractivity contribution in [3.05, 3.63) is 75.1 Å². The van der Waals surface area contributed by atoms with E-state index in [1.54, 1.807) is 36.4 Å². The number of pyridine rings is 1. The highest BCUT2D eigenvalue weighted by Gasteiger charge is 2.27. The molecule has 2 aromatic carbocycles. The summed E-state index contributed by atoms with van der Waals surface area (Å²) < 4.78 is 6.99. The van der Waals surface area contributed by atoms with Gasteiger partial charge in [-0.3, -0.25) is 19.5 Å². The fourth-order valence-corrected chi connectivity index (χ4v) is 3.53. The van der Waals surface area contributed by atoms with Crippen molar-refractivity contribution in [2.75, 3.05) is 18.5 Å². The summed E-state index contributed by atoms with van der Waals surface area (Å²) in [6.07, 6.45) is 1.88. The molecule has 0 spiro atoms. The molecule has 3 aromatic rings. The summed E-state index contributed by atoms with van der Waals surface area (Å²) in [5.41, 5.74) is 0.361. The number of aromatic nitrogens is 1. The summed E-state index contributed by atoms with van der Waals surface area (Å²) in [5, 5.41) is 15.5. The SMILES string of the molecule is O=c1c([N+](=O)[O-])c(NCC2CCCO2)c2ccccc2n1-c1ccccc1. The normalized spacial score (nSPS) is 16.5. The van der Waals surface area contributed by atoms with Crippen LogP contribution < -0.4 is 10.9 Å². The maximum absolute atomic E-state index is 13.1. The van der Waals surface area contributed by atoms with E-state index in [0.29, 0.717) is 29.7 Å². The van der Waals surface area contributed by atoms with Gasteiger partial charge in [0.15, 0.2) is 0 Å². The minimum absolute atomic E-state index is 0.0000729. The number of benzene rings is 2. The first-order chi connectivity index (χ1) is 13.2. The van der Waals surface area contributed by atoms with Crippen LogP contribution in [-0.4, -0.2) is 28.7 Å². The van der Waals surface area contributed by atoms with Gasteiger partial charge in [-0.15, -0.1) is 0 Å². The summed E-state index contributed by atoms with van der Waals surface area (Å²) >= 11 is 0. The number of rotatable bonds is 5. The predicted octanol–water partition coefficient (Wildman–Crippen LogP) is 3.49. The lowest BCUT2D eigenvalue weighted by atomic mass is 10.1. The molecule has 27 heavy (non-hydrogen) atoms. The topological polar surface area (TPSA) is 86.4 Å². The van der Waals surface area contributed by atoms with Crippen LogP contribution in [-0.2, 0) is 4.74 Å². The number of nitrogens with zero attached hydrogens (tertiary/aromatic N) is 2. The van der Waals surface area contributed by atoms with Crippen molar-refractivity contribution in [1.82, 2.24) is 4.57 Å². The number of hydrogen-bond acceptors (Lipinski definition) is 5. The molecule has 7 heteroatoms. The number of para-hydroxylation sites is 2. The highest BCUT2D eigenvalue weighted by molar-refractivity contribution is 5.97. The van der Waals surface area contributed by atoms with Crippen molar-refractivity contribution in [3.63, 3.8) is 0 Å². The van der Waals surface area contributed by atoms with Gasteiger partial charge in [0.2, 0.25) is 0 Å². The zero-order chi connectivity index (χ0) is 18.8. The first-order valence-corrected chi connectivity index (χ1v) is 8.90. The standard InChI is InChI=1S/C20H19N3O4/c24-20-19(23(25)26)18(21-13-15-9-6-12-27-15)16-10-4-5-11-17(16)22(20)14-7-2-1-3-8-14/h1-5,7-8,10-11,15,21H,6,9,12-13H2. The van der Waals surface area contributed by atoms with Crippen molar-refractivity contribution in [2.24, 2.45) is 0 Å². The molecule has 1 aromatic heterocycles. The maximum atomic E-state index is 13.1. The van der Waals surface area contributed by atoms with E-state index >= 15 is 0 Å². The molecule has 1 N–H and O–H groups in total. The molecule has 1 fully saturated rings. The van der Waals surface area contributed by atoms with Crippen LogP contribution >= 0.6 is 0 Å². The van der Waals surface area contributed by atoms with Gasteiger partial charge in [0.1, 0.15) is 5.69 Å². The number of nitrogens with one attached hydrogen (secondary N) is 1. The molecule has 138 valence electrons. The average Bonchev–Trinajstić information content (AvgIpc) is 3.20. The molecule has 1 unspecified atom stereocenters. The monoisotopic (exact) mass is 365 g/mol. The van der Waals surface area contributed by atoms with Crippen LogP contribution in [0.15, 0.2) is 59.4 Å². The van der Waals surface area contributed by atoms with Crippen LogP contribution in [0.5, 0.6) is 0 Å². The molecule has 2 heterocycles. The summed E-state index contributed by atoms with van der Waals surface area (Å²) in [6, 6.07) is 16.2. The Morgan fingerprint density at radius 3 is 2.59 bits per heavy atom. The van der Waals surface area contributed by atoms with Gasteiger partial charge in [-0.1, -0.05) is 36.4 Å². The first-order valence-electron chi connectivity index (χ1n) is 8.90. The molecule has 7 nitrogen and oxygen atoms in total.